The SMILES string of the molecule is CCNC(=O)[C@H](Cc1ccccc1)N(Cc1cccc(C)c1)C(=O)CSCc1ccc(Cl)cc1Cl. The van der Waals surface area contributed by atoms with Crippen LogP contribution in [0.3, 0.4) is 0 Å². The van der Waals surface area contributed by atoms with Crippen LogP contribution >= 0.6 is 35.0 Å². The van der Waals surface area contributed by atoms with E-state index in [-0.39, 0.29) is 17.6 Å². The van der Waals surface area contributed by atoms with Crippen molar-refractivity contribution in [3.63, 3.8) is 0 Å². The molecule has 0 bridgehead atoms. The zero-order chi connectivity index (χ0) is 25.2. The Kier molecular flexibility index (Phi) is 10.5. The highest BCUT2D eigenvalue weighted by molar-refractivity contribution is 7.99. The summed E-state index contributed by atoms with van der Waals surface area (Å²) >= 11 is 13.8. The number of halogens is 2. The molecule has 184 valence electrons. The Bertz CT molecular complexity index is 1140. The van der Waals surface area contributed by atoms with Crippen LogP contribution < -0.4 is 5.32 Å². The minimum Gasteiger partial charge on any atom is -0.355 e. The fourth-order valence-corrected chi connectivity index (χ4v) is 5.29. The third-order valence-electron chi connectivity index (χ3n) is 5.56. The zero-order valence-electron chi connectivity index (χ0n) is 20.0. The molecule has 1 atom stereocenters. The van der Waals surface area contributed by atoms with E-state index in [1.807, 2.05) is 68.4 Å². The first-order chi connectivity index (χ1) is 16.9. The average Bonchev–Trinajstić information content (AvgIpc) is 2.83. The van der Waals surface area contributed by atoms with Crippen molar-refractivity contribution in [2.24, 2.45) is 0 Å². The van der Waals surface area contributed by atoms with Gasteiger partial charge < -0.3 is 10.2 Å². The van der Waals surface area contributed by atoms with Crippen LogP contribution in [0.5, 0.6) is 0 Å². The van der Waals surface area contributed by atoms with Gasteiger partial charge in [-0.25, -0.2) is 0 Å². The van der Waals surface area contributed by atoms with Gasteiger partial charge in [-0.05, 0) is 42.7 Å². The Balaban J connectivity index is 1.83. The molecule has 3 rings (SSSR count). The predicted octanol–water partition coefficient (Wildman–Crippen LogP) is 6.31. The van der Waals surface area contributed by atoms with Crippen molar-refractivity contribution in [2.75, 3.05) is 12.3 Å². The highest BCUT2D eigenvalue weighted by atomic mass is 35.5. The standard InChI is InChI=1S/C28H30Cl2N2O2S/c1-3-31-28(34)26(15-21-9-5-4-6-10-21)32(17-22-11-7-8-20(2)14-22)27(33)19-35-18-23-12-13-24(29)16-25(23)30/h4-14,16,26H,3,15,17-19H2,1-2H3,(H,31,34)/t26-/m0/s1. The van der Waals surface area contributed by atoms with Crippen molar-refractivity contribution in [3.05, 3.63) is 105 Å². The van der Waals surface area contributed by atoms with Crippen LogP contribution in [-0.2, 0) is 28.3 Å². The molecule has 0 aliphatic carbocycles. The number of nitrogens with zero attached hydrogens (tertiary/aromatic N) is 1. The highest BCUT2D eigenvalue weighted by Gasteiger charge is 2.30. The van der Waals surface area contributed by atoms with E-state index in [9.17, 15) is 9.59 Å². The van der Waals surface area contributed by atoms with Crippen molar-refractivity contribution in [1.29, 1.82) is 0 Å². The average molecular weight is 530 g/mol. The molecule has 0 aromatic heterocycles. The summed E-state index contributed by atoms with van der Waals surface area (Å²) in [5, 5.41) is 4.08. The number of carbonyl (C=O) groups excluding carboxylic acids is 2. The Morgan fingerprint density at radius 3 is 2.40 bits per heavy atom. The molecule has 0 unspecified atom stereocenters. The molecule has 0 radical (unpaired) electrons. The number of amides is 2. The molecule has 3 aromatic carbocycles. The number of carbonyl (C=O) groups is 2. The molecule has 3 aromatic rings. The van der Waals surface area contributed by atoms with Crippen LogP contribution in [0.4, 0.5) is 0 Å². The number of benzene rings is 3. The fraction of sp³-hybridized carbons (Fsp3) is 0.286. The Hall–Kier alpha value is -2.47. The maximum atomic E-state index is 13.6. The summed E-state index contributed by atoms with van der Waals surface area (Å²) in [6, 6.07) is 22.6. The molecule has 2 amide bonds. The van der Waals surface area contributed by atoms with Crippen molar-refractivity contribution < 1.29 is 9.59 Å². The van der Waals surface area contributed by atoms with Crippen LogP contribution in [-0.4, -0.2) is 35.1 Å². The smallest absolute Gasteiger partial charge is 0.243 e. The third-order valence-corrected chi connectivity index (χ3v) is 7.11. The van der Waals surface area contributed by atoms with Gasteiger partial charge in [0.15, 0.2) is 0 Å². The van der Waals surface area contributed by atoms with E-state index >= 15 is 0 Å². The number of nitrogens with one attached hydrogen (secondary N) is 1. The number of rotatable bonds is 11. The Morgan fingerprint density at radius 2 is 1.71 bits per heavy atom. The second kappa shape index (κ2) is 13.6. The Morgan fingerprint density at radius 1 is 0.971 bits per heavy atom. The molecule has 0 heterocycles. The van der Waals surface area contributed by atoms with Gasteiger partial charge in [-0.3, -0.25) is 9.59 Å². The lowest BCUT2D eigenvalue weighted by molar-refractivity contribution is -0.139. The van der Waals surface area contributed by atoms with E-state index in [2.05, 4.69) is 11.4 Å². The maximum Gasteiger partial charge on any atom is 0.243 e. The van der Waals surface area contributed by atoms with Gasteiger partial charge in [-0.2, -0.15) is 0 Å². The molecule has 1 N–H and O–H groups in total. The number of hydrogen-bond donors (Lipinski definition) is 1. The molecule has 4 nitrogen and oxygen atoms in total. The molecule has 0 spiro atoms. The number of hydrogen-bond acceptors (Lipinski definition) is 3. The second-order valence-corrected chi connectivity index (χ2v) is 10.2. The summed E-state index contributed by atoms with van der Waals surface area (Å²) < 4.78 is 0. The number of thioether (sulfide) groups is 1. The topological polar surface area (TPSA) is 49.4 Å². The van der Waals surface area contributed by atoms with E-state index in [0.717, 1.165) is 22.3 Å². The quantitative estimate of drug-likeness (QED) is 0.317. The predicted molar refractivity (Wildman–Crippen MR) is 147 cm³/mol. The van der Waals surface area contributed by atoms with Crippen LogP contribution in [0.2, 0.25) is 10.0 Å². The summed E-state index contributed by atoms with van der Waals surface area (Å²) in [6.45, 7) is 4.76. The lowest BCUT2D eigenvalue weighted by Crippen LogP contribution is -2.51. The summed E-state index contributed by atoms with van der Waals surface area (Å²) in [5.74, 6) is 0.567. The van der Waals surface area contributed by atoms with Crippen LogP contribution in [0.25, 0.3) is 0 Å². The van der Waals surface area contributed by atoms with Crippen molar-refractivity contribution >= 4 is 46.8 Å². The first-order valence-corrected chi connectivity index (χ1v) is 13.5. The molecule has 0 aliphatic heterocycles. The van der Waals surface area contributed by atoms with Gasteiger partial charge in [0.05, 0.1) is 5.75 Å². The van der Waals surface area contributed by atoms with Crippen LogP contribution in [0, 0.1) is 6.92 Å². The van der Waals surface area contributed by atoms with Gasteiger partial charge in [0.25, 0.3) is 0 Å². The molecule has 0 saturated carbocycles. The van der Waals surface area contributed by atoms with Crippen LogP contribution in [0.1, 0.15) is 29.2 Å². The second-order valence-electron chi connectivity index (χ2n) is 8.34. The molecule has 0 fully saturated rings. The lowest BCUT2D eigenvalue weighted by atomic mass is 10.0. The van der Waals surface area contributed by atoms with Gasteiger partial charge in [0, 0.05) is 35.3 Å². The van der Waals surface area contributed by atoms with Gasteiger partial charge in [0.2, 0.25) is 11.8 Å². The summed E-state index contributed by atoms with van der Waals surface area (Å²) in [5.41, 5.74) is 4.03. The molecule has 0 saturated heterocycles. The first-order valence-electron chi connectivity index (χ1n) is 11.6. The Labute approximate surface area is 222 Å². The third kappa shape index (κ3) is 8.31. The molecular formula is C28H30Cl2N2O2S. The summed E-state index contributed by atoms with van der Waals surface area (Å²) in [4.78, 5) is 28.5. The first kappa shape index (κ1) is 27.1. The van der Waals surface area contributed by atoms with Gasteiger partial charge in [0.1, 0.15) is 6.04 Å². The molecule has 35 heavy (non-hydrogen) atoms. The van der Waals surface area contributed by atoms with E-state index in [1.165, 1.54) is 11.8 Å². The molecular weight excluding hydrogens is 499 g/mol. The normalized spacial score (nSPS) is 11.7. The molecule has 7 heteroatoms. The highest BCUT2D eigenvalue weighted by Crippen LogP contribution is 2.25. The lowest BCUT2D eigenvalue weighted by Gasteiger charge is -2.31. The fourth-order valence-electron chi connectivity index (χ4n) is 3.82. The summed E-state index contributed by atoms with van der Waals surface area (Å²) in [6.07, 6.45) is 0.442. The largest absolute Gasteiger partial charge is 0.355 e. The van der Waals surface area contributed by atoms with E-state index < -0.39 is 6.04 Å². The van der Waals surface area contributed by atoms with E-state index in [0.29, 0.717) is 35.3 Å². The van der Waals surface area contributed by atoms with Crippen molar-refractivity contribution in [3.8, 4) is 0 Å². The van der Waals surface area contributed by atoms with E-state index in [1.54, 1.807) is 17.0 Å². The maximum absolute atomic E-state index is 13.6. The number of likely N-dealkylation sites (N-methyl/N-ethyl adjacent to an activating group) is 1. The van der Waals surface area contributed by atoms with Gasteiger partial charge in [-0.15, -0.1) is 11.8 Å². The van der Waals surface area contributed by atoms with Crippen molar-refractivity contribution in [2.45, 2.75) is 38.6 Å². The van der Waals surface area contributed by atoms with Gasteiger partial charge in [-0.1, -0.05) is 89.4 Å². The minimum absolute atomic E-state index is 0.0891. The zero-order valence-corrected chi connectivity index (χ0v) is 22.3. The minimum atomic E-state index is -0.620. The van der Waals surface area contributed by atoms with Crippen LogP contribution in [0.15, 0.2) is 72.8 Å². The number of aryl methyl sites for hydroxylation is 1. The monoisotopic (exact) mass is 528 g/mol. The van der Waals surface area contributed by atoms with Gasteiger partial charge >= 0.3 is 0 Å². The van der Waals surface area contributed by atoms with Crippen molar-refractivity contribution in [1.82, 2.24) is 10.2 Å². The summed E-state index contributed by atoms with van der Waals surface area (Å²) in [7, 11) is 0. The van der Waals surface area contributed by atoms with E-state index in [4.69, 9.17) is 23.2 Å². The molecule has 0 aliphatic rings.